The van der Waals surface area contributed by atoms with E-state index < -0.39 is 0 Å². The highest BCUT2D eigenvalue weighted by Crippen LogP contribution is 2.37. The average molecular weight is 209 g/mol. The molecule has 2 nitrogen and oxygen atoms in total. The van der Waals surface area contributed by atoms with Crippen molar-refractivity contribution in [2.45, 2.75) is 17.7 Å². The summed E-state index contributed by atoms with van der Waals surface area (Å²) in [6.07, 6.45) is 3.20. The summed E-state index contributed by atoms with van der Waals surface area (Å²) >= 11 is 1.84. The number of ether oxygens (including phenoxy) is 1. The molecule has 0 fully saturated rings. The lowest BCUT2D eigenvalue weighted by molar-refractivity contribution is 0.414. The van der Waals surface area contributed by atoms with Gasteiger partial charge in [0.2, 0.25) is 0 Å². The van der Waals surface area contributed by atoms with Crippen LogP contribution < -0.4 is 10.5 Å². The van der Waals surface area contributed by atoms with Gasteiger partial charge in [0.25, 0.3) is 0 Å². The van der Waals surface area contributed by atoms with Crippen molar-refractivity contribution >= 4 is 11.8 Å². The number of hydrogen-bond donors (Lipinski definition) is 1. The molecule has 14 heavy (non-hydrogen) atoms. The number of rotatable bonds is 2. The fourth-order valence-corrected chi connectivity index (χ4v) is 2.76. The third-order valence-electron chi connectivity index (χ3n) is 2.84. The summed E-state index contributed by atoms with van der Waals surface area (Å²) in [6.45, 7) is 0. The molecule has 0 amide bonds. The Labute approximate surface area is 88.8 Å². The number of benzene rings is 1. The molecule has 3 heteroatoms. The zero-order valence-electron chi connectivity index (χ0n) is 8.49. The van der Waals surface area contributed by atoms with E-state index in [9.17, 15) is 0 Å². The van der Waals surface area contributed by atoms with Crippen molar-refractivity contribution < 1.29 is 4.74 Å². The zero-order chi connectivity index (χ0) is 10.1. The van der Waals surface area contributed by atoms with E-state index in [1.165, 1.54) is 11.1 Å². The molecule has 0 aliphatic heterocycles. The normalized spacial score (nSPS) is 24.8. The van der Waals surface area contributed by atoms with Gasteiger partial charge in [0.15, 0.2) is 0 Å². The van der Waals surface area contributed by atoms with Gasteiger partial charge in [0.1, 0.15) is 5.75 Å². The molecule has 0 heterocycles. The van der Waals surface area contributed by atoms with Crippen molar-refractivity contribution in [3.05, 3.63) is 29.3 Å². The minimum atomic E-state index is 0.162. The second kappa shape index (κ2) is 3.83. The predicted molar refractivity (Wildman–Crippen MR) is 60.9 cm³/mol. The summed E-state index contributed by atoms with van der Waals surface area (Å²) in [5, 5.41) is 0.525. The van der Waals surface area contributed by atoms with Crippen LogP contribution in [0.15, 0.2) is 18.2 Å². The van der Waals surface area contributed by atoms with Crippen LogP contribution in [-0.4, -0.2) is 18.6 Å². The smallest absolute Gasteiger partial charge is 0.119 e. The highest BCUT2D eigenvalue weighted by atomic mass is 32.2. The molecule has 2 unspecified atom stereocenters. The van der Waals surface area contributed by atoms with E-state index in [-0.39, 0.29) is 6.04 Å². The summed E-state index contributed by atoms with van der Waals surface area (Å²) < 4.78 is 5.19. The van der Waals surface area contributed by atoms with Crippen LogP contribution in [0.25, 0.3) is 0 Å². The molecule has 0 spiro atoms. The second-order valence-corrected chi connectivity index (χ2v) is 4.65. The van der Waals surface area contributed by atoms with Crippen LogP contribution in [-0.2, 0) is 6.42 Å². The van der Waals surface area contributed by atoms with Gasteiger partial charge < -0.3 is 10.5 Å². The Morgan fingerprint density at radius 1 is 1.50 bits per heavy atom. The lowest BCUT2D eigenvalue weighted by Gasteiger charge is -2.12. The first-order valence-corrected chi connectivity index (χ1v) is 6.00. The minimum Gasteiger partial charge on any atom is -0.497 e. The molecule has 0 radical (unpaired) electrons. The molecule has 76 valence electrons. The monoisotopic (exact) mass is 209 g/mol. The standard InChI is InChI=1S/C11H15NOS/c1-13-8-4-3-7-5-10(14-2)11(12)9(7)6-8/h3-4,6,10-11H,5,12H2,1-2H3. The maximum atomic E-state index is 6.15. The molecule has 0 aromatic heterocycles. The second-order valence-electron chi connectivity index (χ2n) is 3.57. The molecule has 0 bridgehead atoms. The van der Waals surface area contributed by atoms with Gasteiger partial charge in [0.05, 0.1) is 7.11 Å². The van der Waals surface area contributed by atoms with Gasteiger partial charge in [-0.2, -0.15) is 11.8 Å². The Morgan fingerprint density at radius 3 is 2.93 bits per heavy atom. The Balaban J connectivity index is 2.35. The highest BCUT2D eigenvalue weighted by molar-refractivity contribution is 7.99. The summed E-state index contributed by atoms with van der Waals surface area (Å²) in [4.78, 5) is 0. The third-order valence-corrected chi connectivity index (χ3v) is 3.90. The first-order chi connectivity index (χ1) is 6.76. The molecular formula is C11H15NOS. The lowest BCUT2D eigenvalue weighted by atomic mass is 10.1. The Bertz CT molecular complexity index is 340. The largest absolute Gasteiger partial charge is 0.497 e. The molecule has 2 N–H and O–H groups in total. The Morgan fingerprint density at radius 2 is 2.29 bits per heavy atom. The van der Waals surface area contributed by atoms with Crippen LogP contribution in [0.3, 0.4) is 0 Å². The van der Waals surface area contributed by atoms with E-state index in [2.05, 4.69) is 18.4 Å². The first kappa shape index (κ1) is 9.87. The van der Waals surface area contributed by atoms with Crippen molar-refractivity contribution in [2.75, 3.05) is 13.4 Å². The molecule has 1 aliphatic rings. The van der Waals surface area contributed by atoms with E-state index in [0.29, 0.717) is 5.25 Å². The molecule has 2 rings (SSSR count). The minimum absolute atomic E-state index is 0.162. The van der Waals surface area contributed by atoms with Gasteiger partial charge in [-0.25, -0.2) is 0 Å². The van der Waals surface area contributed by atoms with Crippen molar-refractivity contribution in [3.8, 4) is 5.75 Å². The van der Waals surface area contributed by atoms with Crippen LogP contribution in [0.4, 0.5) is 0 Å². The van der Waals surface area contributed by atoms with E-state index in [1.54, 1.807) is 7.11 Å². The van der Waals surface area contributed by atoms with E-state index in [4.69, 9.17) is 10.5 Å². The van der Waals surface area contributed by atoms with E-state index in [1.807, 2.05) is 17.8 Å². The van der Waals surface area contributed by atoms with E-state index >= 15 is 0 Å². The van der Waals surface area contributed by atoms with Crippen LogP contribution in [0.1, 0.15) is 17.2 Å². The van der Waals surface area contributed by atoms with Crippen LogP contribution in [0, 0.1) is 0 Å². The number of nitrogens with two attached hydrogens (primary N) is 1. The first-order valence-electron chi connectivity index (χ1n) is 4.71. The van der Waals surface area contributed by atoms with Crippen molar-refractivity contribution in [1.29, 1.82) is 0 Å². The number of methoxy groups -OCH3 is 1. The fraction of sp³-hybridized carbons (Fsp3) is 0.455. The predicted octanol–water partition coefficient (Wildman–Crippen LogP) is 1.98. The molecule has 1 aromatic rings. The molecule has 0 saturated carbocycles. The third kappa shape index (κ3) is 1.51. The number of hydrogen-bond acceptors (Lipinski definition) is 3. The maximum absolute atomic E-state index is 6.15. The average Bonchev–Trinajstić information content (AvgIpc) is 2.55. The van der Waals surface area contributed by atoms with Crippen LogP contribution >= 0.6 is 11.8 Å². The van der Waals surface area contributed by atoms with Crippen LogP contribution in [0.2, 0.25) is 0 Å². The maximum Gasteiger partial charge on any atom is 0.119 e. The fourth-order valence-electron chi connectivity index (χ4n) is 1.97. The van der Waals surface area contributed by atoms with Gasteiger partial charge in [-0.15, -0.1) is 0 Å². The van der Waals surface area contributed by atoms with Crippen molar-refractivity contribution in [2.24, 2.45) is 5.73 Å². The molecule has 2 atom stereocenters. The highest BCUT2D eigenvalue weighted by Gasteiger charge is 2.29. The summed E-state index contributed by atoms with van der Waals surface area (Å²) in [7, 11) is 1.69. The van der Waals surface area contributed by atoms with Crippen LogP contribution in [0.5, 0.6) is 5.75 Å². The van der Waals surface area contributed by atoms with Gasteiger partial charge in [-0.3, -0.25) is 0 Å². The molecule has 1 aromatic carbocycles. The van der Waals surface area contributed by atoms with Gasteiger partial charge in [0, 0.05) is 11.3 Å². The lowest BCUT2D eigenvalue weighted by Crippen LogP contribution is -2.18. The summed E-state index contributed by atoms with van der Waals surface area (Å²) in [5.41, 5.74) is 8.77. The summed E-state index contributed by atoms with van der Waals surface area (Å²) in [5.74, 6) is 0.904. The van der Waals surface area contributed by atoms with Gasteiger partial charge >= 0.3 is 0 Å². The Kier molecular flexibility index (Phi) is 2.70. The quantitative estimate of drug-likeness (QED) is 0.809. The summed E-state index contributed by atoms with van der Waals surface area (Å²) in [6, 6.07) is 6.37. The van der Waals surface area contributed by atoms with E-state index in [0.717, 1.165) is 12.2 Å². The number of fused-ring (bicyclic) bond motifs is 1. The van der Waals surface area contributed by atoms with Crippen molar-refractivity contribution in [3.63, 3.8) is 0 Å². The molecular weight excluding hydrogens is 194 g/mol. The molecule has 1 aliphatic carbocycles. The SMILES string of the molecule is COc1ccc2c(c1)C(N)C(SC)C2. The Hall–Kier alpha value is -0.670. The zero-order valence-corrected chi connectivity index (χ0v) is 9.30. The van der Waals surface area contributed by atoms with Crippen molar-refractivity contribution in [1.82, 2.24) is 0 Å². The molecule has 0 saturated heterocycles. The topological polar surface area (TPSA) is 35.2 Å². The van der Waals surface area contributed by atoms with Gasteiger partial charge in [-0.05, 0) is 35.9 Å². The number of thioether (sulfide) groups is 1. The van der Waals surface area contributed by atoms with Gasteiger partial charge in [-0.1, -0.05) is 6.07 Å².